The van der Waals surface area contributed by atoms with Crippen molar-refractivity contribution < 1.29 is 15.0 Å². The van der Waals surface area contributed by atoms with Crippen LogP contribution in [0.25, 0.3) is 22.3 Å². The number of aromatic nitrogens is 2. The predicted molar refractivity (Wildman–Crippen MR) is 137 cm³/mol. The fourth-order valence-corrected chi connectivity index (χ4v) is 4.75. The molecule has 35 heavy (non-hydrogen) atoms. The number of phenols is 1. The quantitative estimate of drug-likeness (QED) is 0.398. The number of hydrogen-bond donors (Lipinski definition) is 2. The summed E-state index contributed by atoms with van der Waals surface area (Å²) in [4.78, 5) is 25.3. The second kappa shape index (κ2) is 9.62. The van der Waals surface area contributed by atoms with Gasteiger partial charge in [0.05, 0.1) is 11.1 Å². The molecule has 3 aromatic carbocycles. The van der Waals surface area contributed by atoms with Crippen LogP contribution in [0.3, 0.4) is 0 Å². The maximum atomic E-state index is 12.0. The number of aromatic hydroxyl groups is 1. The third kappa shape index (κ3) is 4.89. The molecule has 2 N–H and O–H groups in total. The van der Waals surface area contributed by atoms with Crippen molar-refractivity contribution in [3.63, 3.8) is 0 Å². The Morgan fingerprint density at radius 1 is 1.06 bits per heavy atom. The summed E-state index contributed by atoms with van der Waals surface area (Å²) in [6, 6.07) is 22.9. The minimum Gasteiger partial charge on any atom is -0.507 e. The fourth-order valence-electron chi connectivity index (χ4n) is 4.75. The van der Waals surface area contributed by atoms with Crippen molar-refractivity contribution in [2.75, 3.05) is 24.5 Å². The Hall–Kier alpha value is -4.13. The van der Waals surface area contributed by atoms with Gasteiger partial charge >= 0.3 is 6.09 Å². The molecule has 0 unspecified atom stereocenters. The van der Waals surface area contributed by atoms with Crippen molar-refractivity contribution in [3.8, 4) is 17.1 Å². The number of carboxylic acid groups (broad SMARTS) is 1. The minimum atomic E-state index is -0.905. The van der Waals surface area contributed by atoms with E-state index >= 15 is 0 Å². The summed E-state index contributed by atoms with van der Waals surface area (Å²) in [5, 5.41) is 21.2. The van der Waals surface area contributed by atoms with Crippen molar-refractivity contribution in [2.45, 2.75) is 19.9 Å². The fraction of sp³-hybridized carbons (Fsp3) is 0.250. The van der Waals surface area contributed by atoms with Crippen molar-refractivity contribution in [1.82, 2.24) is 14.9 Å². The highest BCUT2D eigenvalue weighted by Crippen LogP contribution is 2.34. The summed E-state index contributed by atoms with van der Waals surface area (Å²) in [6.07, 6.45) is -0.0286. The van der Waals surface area contributed by atoms with Crippen LogP contribution in [0.15, 0.2) is 72.8 Å². The average Bonchev–Trinajstić information content (AvgIpc) is 3.32. The molecule has 0 aliphatic carbocycles. The molecule has 1 amide bonds. The van der Waals surface area contributed by atoms with Crippen molar-refractivity contribution in [3.05, 3.63) is 83.9 Å². The number of amides is 1. The lowest BCUT2D eigenvalue weighted by Crippen LogP contribution is -2.35. The molecule has 0 saturated carbocycles. The van der Waals surface area contributed by atoms with Gasteiger partial charge in [0.15, 0.2) is 5.82 Å². The van der Waals surface area contributed by atoms with E-state index in [2.05, 4.69) is 11.0 Å². The Balaban J connectivity index is 1.42. The molecule has 0 radical (unpaired) electrons. The van der Waals surface area contributed by atoms with E-state index < -0.39 is 6.09 Å². The molecular weight excluding hydrogens is 440 g/mol. The molecule has 7 nitrogen and oxygen atoms in total. The summed E-state index contributed by atoms with van der Waals surface area (Å²) in [5.74, 6) is 1.64. The molecule has 0 bridgehead atoms. The van der Waals surface area contributed by atoms with Gasteiger partial charge in [0.2, 0.25) is 0 Å². The first-order valence-corrected chi connectivity index (χ1v) is 11.8. The van der Waals surface area contributed by atoms with Gasteiger partial charge in [0.25, 0.3) is 0 Å². The van der Waals surface area contributed by atoms with Crippen LogP contribution in [0.4, 0.5) is 10.6 Å². The van der Waals surface area contributed by atoms with E-state index in [0.717, 1.165) is 40.8 Å². The van der Waals surface area contributed by atoms with Gasteiger partial charge in [-0.15, -0.1) is 0 Å². The number of carbonyl (C=O) groups is 1. The van der Waals surface area contributed by atoms with Crippen LogP contribution in [0, 0.1) is 12.8 Å². The van der Waals surface area contributed by atoms with Crippen LogP contribution in [-0.2, 0) is 6.54 Å². The van der Waals surface area contributed by atoms with Crippen LogP contribution in [-0.4, -0.2) is 50.8 Å². The summed E-state index contributed by atoms with van der Waals surface area (Å²) in [7, 11) is 0. The van der Waals surface area contributed by atoms with Gasteiger partial charge in [0, 0.05) is 31.6 Å². The number of fused-ring (bicyclic) bond motifs is 1. The molecule has 1 aromatic heterocycles. The number of phenolic OH excluding ortho intramolecular Hbond substituents is 1. The van der Waals surface area contributed by atoms with E-state index in [1.807, 2.05) is 61.5 Å². The van der Waals surface area contributed by atoms with Gasteiger partial charge in [-0.2, -0.15) is 0 Å². The maximum absolute atomic E-state index is 12.0. The van der Waals surface area contributed by atoms with Gasteiger partial charge in [-0.05, 0) is 54.7 Å². The lowest BCUT2D eigenvalue weighted by molar-refractivity contribution is 0.135. The highest BCUT2D eigenvalue weighted by molar-refractivity contribution is 5.92. The first-order chi connectivity index (χ1) is 17.0. The van der Waals surface area contributed by atoms with E-state index in [4.69, 9.17) is 9.97 Å². The average molecular weight is 469 g/mol. The highest BCUT2D eigenvalue weighted by Gasteiger charge is 2.29. The third-order valence-electron chi connectivity index (χ3n) is 6.53. The molecule has 2 heterocycles. The van der Waals surface area contributed by atoms with Gasteiger partial charge < -0.3 is 20.0 Å². The first kappa shape index (κ1) is 22.7. The number of anilines is 1. The second-order valence-electron chi connectivity index (χ2n) is 9.16. The van der Waals surface area contributed by atoms with Crippen molar-refractivity contribution >= 4 is 22.8 Å². The number of para-hydroxylation sites is 1. The van der Waals surface area contributed by atoms with Gasteiger partial charge in [-0.25, -0.2) is 14.8 Å². The lowest BCUT2D eigenvalue weighted by atomic mass is 10.1. The van der Waals surface area contributed by atoms with Crippen LogP contribution in [0.2, 0.25) is 0 Å². The molecule has 1 aliphatic heterocycles. The predicted octanol–water partition coefficient (Wildman–Crippen LogP) is 5.32. The normalized spacial score (nSPS) is 15.5. The largest absolute Gasteiger partial charge is 0.507 e. The zero-order chi connectivity index (χ0) is 24.4. The minimum absolute atomic E-state index is 0.141. The summed E-state index contributed by atoms with van der Waals surface area (Å²) in [5.41, 5.74) is 3.50. The molecular formula is C28H28N4O3. The third-order valence-corrected chi connectivity index (χ3v) is 6.53. The molecule has 1 fully saturated rings. The molecule has 5 rings (SSSR count). The zero-order valence-corrected chi connectivity index (χ0v) is 19.6. The first-order valence-electron chi connectivity index (χ1n) is 11.8. The molecule has 0 spiro atoms. The lowest BCUT2D eigenvalue weighted by Gasteiger charge is -2.24. The molecule has 1 atom stereocenters. The topological polar surface area (TPSA) is 89.8 Å². The van der Waals surface area contributed by atoms with Gasteiger partial charge in [-0.1, -0.05) is 48.5 Å². The molecule has 1 saturated heterocycles. The summed E-state index contributed by atoms with van der Waals surface area (Å²) < 4.78 is 0. The van der Waals surface area contributed by atoms with Crippen molar-refractivity contribution in [1.29, 1.82) is 0 Å². The smallest absolute Gasteiger partial charge is 0.407 e. The Morgan fingerprint density at radius 3 is 2.60 bits per heavy atom. The van der Waals surface area contributed by atoms with E-state index in [0.29, 0.717) is 31.0 Å². The molecule has 7 heteroatoms. The van der Waals surface area contributed by atoms with Crippen molar-refractivity contribution in [2.24, 2.45) is 5.92 Å². The van der Waals surface area contributed by atoms with E-state index in [1.54, 1.807) is 12.1 Å². The van der Waals surface area contributed by atoms with E-state index in [-0.39, 0.29) is 11.7 Å². The standard InChI is InChI=1S/C28H28N4O3/c1-19-11-12-22-24(15-19)29-26(23-9-5-6-10-25(23)33)30-27(22)31-14-13-21(17-31)18-32(28(34)35)16-20-7-3-2-4-8-20/h2-12,15,21,33H,13-14,16-18H2,1H3,(H,34,35)/t21-/m0/s1. The van der Waals surface area contributed by atoms with Crippen LogP contribution in [0.5, 0.6) is 5.75 Å². The Morgan fingerprint density at radius 2 is 1.83 bits per heavy atom. The van der Waals surface area contributed by atoms with E-state index in [9.17, 15) is 15.0 Å². The highest BCUT2D eigenvalue weighted by atomic mass is 16.4. The molecule has 4 aromatic rings. The van der Waals surface area contributed by atoms with Crippen LogP contribution < -0.4 is 4.90 Å². The van der Waals surface area contributed by atoms with E-state index in [1.165, 1.54) is 4.90 Å². The molecule has 178 valence electrons. The number of nitrogens with zero attached hydrogens (tertiary/aromatic N) is 4. The SMILES string of the molecule is Cc1ccc2c(N3CC[C@H](CN(Cc4ccccc4)C(=O)O)C3)nc(-c3ccccc3O)nc2c1. The monoisotopic (exact) mass is 468 g/mol. The summed E-state index contributed by atoms with van der Waals surface area (Å²) >= 11 is 0. The summed E-state index contributed by atoms with van der Waals surface area (Å²) in [6.45, 7) is 4.36. The number of aryl methyl sites for hydroxylation is 1. The number of rotatable bonds is 6. The van der Waals surface area contributed by atoms with Gasteiger partial charge in [0.1, 0.15) is 11.6 Å². The molecule has 1 aliphatic rings. The second-order valence-corrected chi connectivity index (χ2v) is 9.16. The number of hydrogen-bond acceptors (Lipinski definition) is 5. The van der Waals surface area contributed by atoms with Crippen LogP contribution in [0.1, 0.15) is 17.5 Å². The Bertz CT molecular complexity index is 1360. The number of benzene rings is 3. The Kier molecular flexibility index (Phi) is 6.23. The maximum Gasteiger partial charge on any atom is 0.407 e. The van der Waals surface area contributed by atoms with Gasteiger partial charge in [-0.3, -0.25) is 0 Å². The zero-order valence-electron chi connectivity index (χ0n) is 19.6. The Labute approximate surface area is 204 Å². The van der Waals surface area contributed by atoms with Crippen LogP contribution >= 0.6 is 0 Å².